The zero-order chi connectivity index (χ0) is 27.1. The number of para-hydroxylation sites is 1. The molecule has 200 valence electrons. The van der Waals surface area contributed by atoms with Crippen LogP contribution in [0.15, 0.2) is 48.5 Å². The van der Waals surface area contributed by atoms with Crippen molar-refractivity contribution in [1.29, 1.82) is 0 Å². The second kappa shape index (κ2) is 11.9. The number of carbonyl (C=O) groups is 3. The number of aromatic nitrogens is 1. The Hall–Kier alpha value is -3.87. The van der Waals surface area contributed by atoms with Gasteiger partial charge >= 0.3 is 12.1 Å². The number of methoxy groups -OCH3 is 1. The number of rotatable bonds is 6. The molecule has 2 saturated heterocycles. The first-order chi connectivity index (χ1) is 17.6. The van der Waals surface area contributed by atoms with Crippen molar-refractivity contribution >= 4 is 23.5 Å². The fourth-order valence-electron chi connectivity index (χ4n) is 4.25. The Balaban J connectivity index is 0.000000479. The summed E-state index contributed by atoms with van der Waals surface area (Å²) in [6, 6.07) is 15.2. The quantitative estimate of drug-likeness (QED) is 0.525. The molecule has 0 saturated carbocycles. The van der Waals surface area contributed by atoms with Crippen molar-refractivity contribution in [3.8, 4) is 5.88 Å². The average molecular weight is 524 g/mol. The highest BCUT2D eigenvalue weighted by molar-refractivity contribution is 5.93. The predicted molar refractivity (Wildman–Crippen MR) is 127 cm³/mol. The van der Waals surface area contributed by atoms with Gasteiger partial charge in [-0.15, -0.1) is 0 Å². The van der Waals surface area contributed by atoms with Gasteiger partial charge in [0, 0.05) is 37.9 Å². The Labute approximate surface area is 211 Å². The van der Waals surface area contributed by atoms with Crippen LogP contribution >= 0.6 is 0 Å². The van der Waals surface area contributed by atoms with E-state index in [1.54, 1.807) is 18.2 Å². The number of amides is 2. The van der Waals surface area contributed by atoms with Gasteiger partial charge in [-0.25, -0.2) is 9.78 Å². The predicted octanol–water partition coefficient (Wildman–Crippen LogP) is 1.88. The third kappa shape index (κ3) is 6.88. The lowest BCUT2D eigenvalue weighted by atomic mass is 9.85. The molecule has 1 aromatic carbocycles. The van der Waals surface area contributed by atoms with Crippen LogP contribution in [-0.2, 0) is 9.59 Å². The van der Waals surface area contributed by atoms with E-state index in [1.807, 2.05) is 18.2 Å². The number of halogens is 3. The number of carboxylic acid groups (broad SMARTS) is 1. The van der Waals surface area contributed by atoms with Crippen LogP contribution < -0.4 is 20.3 Å². The summed E-state index contributed by atoms with van der Waals surface area (Å²) in [7, 11) is 1.52. The number of piperidine rings is 1. The molecule has 13 heteroatoms. The fourth-order valence-corrected chi connectivity index (χ4v) is 4.25. The molecule has 2 fully saturated rings. The Kier molecular flexibility index (Phi) is 8.92. The lowest BCUT2D eigenvalue weighted by Crippen LogP contribution is -2.57. The zero-order valence-electron chi connectivity index (χ0n) is 20.1. The number of ether oxygens (including phenoxy) is 1. The minimum absolute atomic E-state index is 0.114. The van der Waals surface area contributed by atoms with Crippen LogP contribution in [0.25, 0.3) is 0 Å². The summed E-state index contributed by atoms with van der Waals surface area (Å²) in [5.74, 6) is -2.44. The molecular formula is C24H28F3N5O5. The third-order valence-electron chi connectivity index (χ3n) is 6.21. The van der Waals surface area contributed by atoms with Crippen molar-refractivity contribution in [2.75, 3.05) is 44.9 Å². The van der Waals surface area contributed by atoms with Crippen molar-refractivity contribution in [3.63, 3.8) is 0 Å². The number of carbonyl (C=O) groups excluding carboxylic acids is 2. The number of anilines is 1. The molecule has 37 heavy (non-hydrogen) atoms. The van der Waals surface area contributed by atoms with Crippen molar-refractivity contribution in [2.24, 2.45) is 0 Å². The van der Waals surface area contributed by atoms with Crippen LogP contribution in [0.1, 0.15) is 23.3 Å². The van der Waals surface area contributed by atoms with E-state index < -0.39 is 17.7 Å². The summed E-state index contributed by atoms with van der Waals surface area (Å²) < 4.78 is 36.8. The largest absolute Gasteiger partial charge is 0.490 e. The van der Waals surface area contributed by atoms with Crippen LogP contribution in [0.5, 0.6) is 5.88 Å². The Morgan fingerprint density at radius 2 is 1.78 bits per heavy atom. The highest BCUT2D eigenvalue weighted by atomic mass is 19.4. The molecule has 0 bridgehead atoms. The molecule has 10 nitrogen and oxygen atoms in total. The van der Waals surface area contributed by atoms with Gasteiger partial charge < -0.3 is 30.3 Å². The van der Waals surface area contributed by atoms with Crippen LogP contribution in [0.2, 0.25) is 0 Å². The molecule has 0 atom stereocenters. The molecular weight excluding hydrogens is 495 g/mol. The van der Waals surface area contributed by atoms with E-state index in [1.165, 1.54) is 7.11 Å². The number of hydrogen-bond acceptors (Lipinski definition) is 7. The second-order valence-electron chi connectivity index (χ2n) is 8.42. The number of nitrogens with one attached hydrogen (secondary N) is 2. The number of nitrogens with zero attached hydrogens (tertiary/aromatic N) is 3. The maximum absolute atomic E-state index is 12.7. The van der Waals surface area contributed by atoms with Gasteiger partial charge in [0.1, 0.15) is 11.2 Å². The van der Waals surface area contributed by atoms with E-state index in [4.69, 9.17) is 14.6 Å². The summed E-state index contributed by atoms with van der Waals surface area (Å²) >= 11 is 0. The van der Waals surface area contributed by atoms with E-state index >= 15 is 0 Å². The fraction of sp³-hybridized carbons (Fsp3) is 0.417. The second-order valence-corrected chi connectivity index (χ2v) is 8.42. The number of likely N-dealkylation sites (tertiary alicyclic amines) is 1. The van der Waals surface area contributed by atoms with Crippen LogP contribution in [-0.4, -0.2) is 84.4 Å². The number of pyridine rings is 1. The van der Waals surface area contributed by atoms with Crippen molar-refractivity contribution in [3.05, 3.63) is 54.2 Å². The van der Waals surface area contributed by atoms with Gasteiger partial charge in [0.2, 0.25) is 11.8 Å². The summed E-state index contributed by atoms with van der Waals surface area (Å²) in [4.78, 5) is 42.5. The van der Waals surface area contributed by atoms with Gasteiger partial charge in [-0.2, -0.15) is 13.2 Å². The molecule has 2 aliphatic heterocycles. The average Bonchev–Trinajstić information content (AvgIpc) is 3.20. The molecule has 3 heterocycles. The highest BCUT2D eigenvalue weighted by Gasteiger charge is 2.50. The SMILES string of the molecule is COc1cccc(C(=O)NCCN2CCC3(CC2)C(=O)NCN3c2ccccc2)n1.O=C(O)C(F)(F)F. The molecule has 2 amide bonds. The molecule has 1 spiro atoms. The summed E-state index contributed by atoms with van der Waals surface area (Å²) in [5.41, 5.74) is 0.932. The summed E-state index contributed by atoms with van der Waals surface area (Å²) in [6.45, 7) is 3.43. The first-order valence-electron chi connectivity index (χ1n) is 11.5. The van der Waals surface area contributed by atoms with Crippen LogP contribution in [0, 0.1) is 0 Å². The molecule has 0 aliphatic carbocycles. The first kappa shape index (κ1) is 27.7. The molecule has 4 rings (SSSR count). The molecule has 1 aromatic heterocycles. The normalized spacial score (nSPS) is 17.0. The van der Waals surface area contributed by atoms with Crippen molar-refractivity contribution in [2.45, 2.75) is 24.6 Å². The third-order valence-corrected chi connectivity index (χ3v) is 6.21. The number of carboxylic acids is 1. The minimum atomic E-state index is -5.08. The van der Waals surface area contributed by atoms with Gasteiger partial charge in [0.15, 0.2) is 0 Å². The molecule has 2 aliphatic rings. The monoisotopic (exact) mass is 523 g/mol. The molecule has 3 N–H and O–H groups in total. The first-order valence-corrected chi connectivity index (χ1v) is 11.5. The topological polar surface area (TPSA) is 124 Å². The number of aliphatic carboxylic acids is 1. The zero-order valence-corrected chi connectivity index (χ0v) is 20.1. The lowest BCUT2D eigenvalue weighted by molar-refractivity contribution is -0.192. The number of hydrogen-bond donors (Lipinski definition) is 3. The summed E-state index contributed by atoms with van der Waals surface area (Å²) in [6.07, 6.45) is -3.56. The van der Waals surface area contributed by atoms with E-state index in [9.17, 15) is 22.8 Å². The van der Waals surface area contributed by atoms with E-state index in [-0.39, 0.29) is 11.8 Å². The van der Waals surface area contributed by atoms with Gasteiger partial charge in [-0.1, -0.05) is 24.3 Å². The smallest absolute Gasteiger partial charge is 0.481 e. The lowest BCUT2D eigenvalue weighted by Gasteiger charge is -2.43. The standard InChI is InChI=1S/C22H27N5O3.C2HF3O2/c1-30-19-9-5-8-18(25-19)20(28)23-12-15-26-13-10-22(11-14-26)21(29)24-16-27(22)17-6-3-2-4-7-17;3-2(4,5)1(6)7/h2-9H,10-16H2,1H3,(H,23,28)(H,24,29);(H,6,7). The van der Waals surface area contributed by atoms with Gasteiger partial charge in [0.25, 0.3) is 5.91 Å². The Morgan fingerprint density at radius 1 is 1.14 bits per heavy atom. The van der Waals surface area contributed by atoms with E-state index in [2.05, 4.69) is 37.6 Å². The van der Waals surface area contributed by atoms with Crippen molar-refractivity contribution < 1.29 is 37.4 Å². The van der Waals surface area contributed by atoms with Crippen LogP contribution in [0.4, 0.5) is 18.9 Å². The Morgan fingerprint density at radius 3 is 2.38 bits per heavy atom. The minimum Gasteiger partial charge on any atom is -0.481 e. The van der Waals surface area contributed by atoms with Crippen LogP contribution in [0.3, 0.4) is 0 Å². The van der Waals surface area contributed by atoms with Gasteiger partial charge in [-0.3, -0.25) is 9.59 Å². The maximum Gasteiger partial charge on any atom is 0.490 e. The van der Waals surface area contributed by atoms with E-state index in [0.29, 0.717) is 24.8 Å². The molecule has 0 radical (unpaired) electrons. The van der Waals surface area contributed by atoms with Crippen molar-refractivity contribution in [1.82, 2.24) is 20.5 Å². The number of benzene rings is 1. The van der Waals surface area contributed by atoms with Gasteiger partial charge in [-0.05, 0) is 31.0 Å². The number of alkyl halides is 3. The maximum atomic E-state index is 12.7. The Bertz CT molecular complexity index is 1090. The van der Waals surface area contributed by atoms with Gasteiger partial charge in [0.05, 0.1) is 13.8 Å². The summed E-state index contributed by atoms with van der Waals surface area (Å²) in [5, 5.41) is 13.1. The molecule has 2 aromatic rings. The molecule has 0 unspecified atom stereocenters. The van der Waals surface area contributed by atoms with E-state index in [0.717, 1.165) is 38.2 Å². The highest BCUT2D eigenvalue weighted by Crippen LogP contribution is 2.36.